The summed E-state index contributed by atoms with van der Waals surface area (Å²) < 4.78 is 0. The summed E-state index contributed by atoms with van der Waals surface area (Å²) in [6.45, 7) is 4.18. The van der Waals surface area contributed by atoms with Gasteiger partial charge in [0.15, 0.2) is 0 Å². The number of hydrogen-bond acceptors (Lipinski definition) is 4. The van der Waals surface area contributed by atoms with Crippen LogP contribution >= 0.6 is 0 Å². The SMILES string of the molecule is CCCC(C)Nc1ccc([N+](=O)[O-])c(N)c1. The number of nitro benzene ring substituents is 1. The highest BCUT2D eigenvalue weighted by atomic mass is 16.6. The van der Waals surface area contributed by atoms with Gasteiger partial charge in [-0.25, -0.2) is 0 Å². The summed E-state index contributed by atoms with van der Waals surface area (Å²) in [5, 5.41) is 13.8. The van der Waals surface area contributed by atoms with Crippen molar-refractivity contribution in [3.8, 4) is 0 Å². The first-order valence-corrected chi connectivity index (χ1v) is 5.35. The molecule has 0 aliphatic heterocycles. The van der Waals surface area contributed by atoms with E-state index in [-0.39, 0.29) is 11.4 Å². The quantitative estimate of drug-likeness (QED) is 0.457. The fourth-order valence-electron chi connectivity index (χ4n) is 1.60. The minimum atomic E-state index is -0.478. The summed E-state index contributed by atoms with van der Waals surface area (Å²) in [5.41, 5.74) is 6.56. The summed E-state index contributed by atoms with van der Waals surface area (Å²) in [5.74, 6) is 0. The van der Waals surface area contributed by atoms with Crippen molar-refractivity contribution in [2.75, 3.05) is 11.1 Å². The van der Waals surface area contributed by atoms with E-state index in [9.17, 15) is 10.1 Å². The molecule has 3 N–H and O–H groups in total. The Morgan fingerprint density at radius 3 is 2.75 bits per heavy atom. The molecule has 5 heteroatoms. The Kier molecular flexibility index (Phi) is 4.10. The molecule has 16 heavy (non-hydrogen) atoms. The largest absolute Gasteiger partial charge is 0.393 e. The monoisotopic (exact) mass is 223 g/mol. The van der Waals surface area contributed by atoms with E-state index in [0.717, 1.165) is 18.5 Å². The fourth-order valence-corrected chi connectivity index (χ4v) is 1.60. The highest BCUT2D eigenvalue weighted by Crippen LogP contribution is 2.25. The van der Waals surface area contributed by atoms with Gasteiger partial charge in [0.1, 0.15) is 5.69 Å². The molecule has 1 atom stereocenters. The predicted molar refractivity (Wildman–Crippen MR) is 65.5 cm³/mol. The average molecular weight is 223 g/mol. The molecule has 0 radical (unpaired) electrons. The van der Waals surface area contributed by atoms with E-state index >= 15 is 0 Å². The van der Waals surface area contributed by atoms with E-state index in [2.05, 4.69) is 19.2 Å². The van der Waals surface area contributed by atoms with Crippen LogP contribution in [0.4, 0.5) is 17.1 Å². The van der Waals surface area contributed by atoms with Gasteiger partial charge >= 0.3 is 0 Å². The third-order valence-electron chi connectivity index (χ3n) is 2.36. The van der Waals surface area contributed by atoms with Crippen molar-refractivity contribution in [2.45, 2.75) is 32.7 Å². The standard InChI is InChI=1S/C11H17N3O2/c1-3-4-8(2)13-9-5-6-11(14(15)16)10(12)7-9/h5-8,13H,3-4,12H2,1-2H3. The van der Waals surface area contributed by atoms with Crippen LogP contribution in [-0.4, -0.2) is 11.0 Å². The van der Waals surface area contributed by atoms with Crippen LogP contribution in [-0.2, 0) is 0 Å². The van der Waals surface area contributed by atoms with Gasteiger partial charge in [-0.2, -0.15) is 0 Å². The minimum absolute atomic E-state index is 0.0475. The lowest BCUT2D eigenvalue weighted by Crippen LogP contribution is -2.14. The molecule has 0 saturated carbocycles. The Labute approximate surface area is 94.8 Å². The number of hydrogen-bond donors (Lipinski definition) is 2. The molecule has 0 bridgehead atoms. The second kappa shape index (κ2) is 5.34. The molecule has 0 aliphatic carbocycles. The number of nitrogen functional groups attached to an aromatic ring is 1. The van der Waals surface area contributed by atoms with Crippen LogP contribution in [0.2, 0.25) is 0 Å². The van der Waals surface area contributed by atoms with E-state index in [1.54, 1.807) is 12.1 Å². The Bertz CT molecular complexity index is 379. The molecule has 1 rings (SSSR count). The Balaban J connectivity index is 2.77. The van der Waals surface area contributed by atoms with Crippen LogP contribution in [0.25, 0.3) is 0 Å². The van der Waals surface area contributed by atoms with Crippen molar-refractivity contribution in [3.05, 3.63) is 28.3 Å². The lowest BCUT2D eigenvalue weighted by Gasteiger charge is -2.14. The van der Waals surface area contributed by atoms with Crippen LogP contribution in [0.3, 0.4) is 0 Å². The number of rotatable bonds is 5. The molecular formula is C11H17N3O2. The van der Waals surface area contributed by atoms with Crippen LogP contribution in [0.15, 0.2) is 18.2 Å². The van der Waals surface area contributed by atoms with Crippen LogP contribution in [0, 0.1) is 10.1 Å². The first-order valence-electron chi connectivity index (χ1n) is 5.35. The van der Waals surface area contributed by atoms with Gasteiger partial charge in [0.25, 0.3) is 5.69 Å². The van der Waals surface area contributed by atoms with Crippen molar-refractivity contribution in [1.82, 2.24) is 0 Å². The average Bonchev–Trinajstić information content (AvgIpc) is 2.17. The molecule has 1 unspecified atom stereocenters. The van der Waals surface area contributed by atoms with Crippen molar-refractivity contribution in [3.63, 3.8) is 0 Å². The fraction of sp³-hybridized carbons (Fsp3) is 0.455. The molecule has 0 aromatic heterocycles. The van der Waals surface area contributed by atoms with E-state index in [1.165, 1.54) is 6.07 Å². The molecule has 0 spiro atoms. The van der Waals surface area contributed by atoms with Gasteiger partial charge in [-0.05, 0) is 25.5 Å². The van der Waals surface area contributed by atoms with E-state index in [1.807, 2.05) is 0 Å². The number of anilines is 2. The van der Waals surface area contributed by atoms with E-state index < -0.39 is 4.92 Å². The van der Waals surface area contributed by atoms with Gasteiger partial charge in [0.05, 0.1) is 4.92 Å². The van der Waals surface area contributed by atoms with Crippen LogP contribution < -0.4 is 11.1 Å². The zero-order valence-electron chi connectivity index (χ0n) is 9.56. The van der Waals surface area contributed by atoms with Gasteiger partial charge < -0.3 is 11.1 Å². The van der Waals surface area contributed by atoms with Gasteiger partial charge in [0.2, 0.25) is 0 Å². The molecule has 0 aliphatic rings. The molecule has 0 amide bonds. The van der Waals surface area contributed by atoms with Crippen molar-refractivity contribution >= 4 is 17.1 Å². The summed E-state index contributed by atoms with van der Waals surface area (Å²) in [4.78, 5) is 10.1. The summed E-state index contributed by atoms with van der Waals surface area (Å²) in [6.07, 6.45) is 2.15. The van der Waals surface area contributed by atoms with Gasteiger partial charge in [0, 0.05) is 17.8 Å². The van der Waals surface area contributed by atoms with Crippen molar-refractivity contribution < 1.29 is 4.92 Å². The Morgan fingerprint density at radius 1 is 1.56 bits per heavy atom. The summed E-state index contributed by atoms with van der Waals surface area (Å²) in [6, 6.07) is 5.05. The smallest absolute Gasteiger partial charge is 0.292 e. The van der Waals surface area contributed by atoms with Crippen molar-refractivity contribution in [1.29, 1.82) is 0 Å². The zero-order chi connectivity index (χ0) is 12.1. The zero-order valence-corrected chi connectivity index (χ0v) is 9.56. The highest BCUT2D eigenvalue weighted by Gasteiger charge is 2.11. The number of nitrogens with two attached hydrogens (primary N) is 1. The van der Waals surface area contributed by atoms with Gasteiger partial charge in [-0.3, -0.25) is 10.1 Å². The summed E-state index contributed by atoms with van der Waals surface area (Å²) in [7, 11) is 0. The maximum absolute atomic E-state index is 10.6. The first-order chi connectivity index (χ1) is 7.54. The number of nitrogens with one attached hydrogen (secondary N) is 1. The minimum Gasteiger partial charge on any atom is -0.393 e. The maximum atomic E-state index is 10.6. The molecule has 0 fully saturated rings. The normalized spacial score (nSPS) is 12.1. The Hall–Kier alpha value is -1.78. The molecule has 5 nitrogen and oxygen atoms in total. The number of nitro groups is 1. The molecule has 0 heterocycles. The van der Waals surface area contributed by atoms with Crippen LogP contribution in [0.1, 0.15) is 26.7 Å². The first kappa shape index (κ1) is 12.3. The lowest BCUT2D eigenvalue weighted by molar-refractivity contribution is -0.383. The molecular weight excluding hydrogens is 206 g/mol. The number of nitrogens with zero attached hydrogens (tertiary/aromatic N) is 1. The number of benzene rings is 1. The molecule has 1 aromatic rings. The third kappa shape index (κ3) is 3.12. The molecule has 0 saturated heterocycles. The van der Waals surface area contributed by atoms with Gasteiger partial charge in [-0.1, -0.05) is 13.3 Å². The predicted octanol–water partition coefficient (Wildman–Crippen LogP) is 2.78. The molecule has 88 valence electrons. The van der Waals surface area contributed by atoms with Crippen molar-refractivity contribution in [2.24, 2.45) is 0 Å². The third-order valence-corrected chi connectivity index (χ3v) is 2.36. The molecule has 1 aromatic carbocycles. The topological polar surface area (TPSA) is 81.2 Å². The highest BCUT2D eigenvalue weighted by molar-refractivity contribution is 5.65. The second-order valence-electron chi connectivity index (χ2n) is 3.86. The van der Waals surface area contributed by atoms with E-state index in [4.69, 9.17) is 5.73 Å². The Morgan fingerprint density at radius 2 is 2.25 bits per heavy atom. The second-order valence-corrected chi connectivity index (χ2v) is 3.86. The summed E-state index contributed by atoms with van der Waals surface area (Å²) >= 11 is 0. The van der Waals surface area contributed by atoms with Gasteiger partial charge in [-0.15, -0.1) is 0 Å². The van der Waals surface area contributed by atoms with E-state index in [0.29, 0.717) is 6.04 Å². The maximum Gasteiger partial charge on any atom is 0.292 e. The lowest BCUT2D eigenvalue weighted by atomic mass is 10.1. The van der Waals surface area contributed by atoms with Crippen LogP contribution in [0.5, 0.6) is 0 Å².